The lowest BCUT2D eigenvalue weighted by Crippen LogP contribution is -2.48. The molecule has 4 amide bonds. The maximum Gasteiger partial charge on any atom is 0.337 e. The Balaban J connectivity index is 1.83. The van der Waals surface area contributed by atoms with Crippen LogP contribution in [0.5, 0.6) is 0 Å². The van der Waals surface area contributed by atoms with Crippen LogP contribution in [0.4, 0.5) is 21.0 Å². The van der Waals surface area contributed by atoms with Gasteiger partial charge in [0.2, 0.25) is 0 Å². The van der Waals surface area contributed by atoms with Gasteiger partial charge in [-0.05, 0) is 55.3 Å². The summed E-state index contributed by atoms with van der Waals surface area (Å²) in [5.74, 6) is -0.532. The molecule has 33 heavy (non-hydrogen) atoms. The summed E-state index contributed by atoms with van der Waals surface area (Å²) in [4.78, 5) is 39.2. The number of esters is 1. The lowest BCUT2D eigenvalue weighted by atomic mass is 9.94. The lowest BCUT2D eigenvalue weighted by Gasteiger charge is -2.35. The molecule has 2 aromatic carbocycles. The van der Waals surface area contributed by atoms with E-state index < -0.39 is 18.0 Å². The Hall–Kier alpha value is -4.32. The van der Waals surface area contributed by atoms with Crippen LogP contribution < -0.4 is 16.0 Å². The number of anilines is 2. The maximum absolute atomic E-state index is 12.7. The Labute approximate surface area is 192 Å². The highest BCUT2D eigenvalue weighted by atomic mass is 16.5. The van der Waals surface area contributed by atoms with E-state index in [2.05, 4.69) is 16.0 Å². The minimum atomic E-state index is -0.721. The molecule has 0 aliphatic carbocycles. The van der Waals surface area contributed by atoms with E-state index in [1.807, 2.05) is 13.0 Å². The normalized spacial score (nSPS) is 15.4. The Morgan fingerprint density at radius 1 is 1.15 bits per heavy atom. The number of urea groups is 2. The van der Waals surface area contributed by atoms with Crippen LogP contribution in [0, 0.1) is 11.3 Å². The molecule has 1 atom stereocenters. The molecule has 0 saturated heterocycles. The Bertz CT molecular complexity index is 1130. The highest BCUT2D eigenvalue weighted by Gasteiger charge is 2.36. The number of hydrogen-bond acceptors (Lipinski definition) is 5. The average molecular weight is 447 g/mol. The summed E-state index contributed by atoms with van der Waals surface area (Å²) in [6, 6.07) is 13.9. The fourth-order valence-corrected chi connectivity index (χ4v) is 3.62. The molecule has 3 N–H and O–H groups in total. The van der Waals surface area contributed by atoms with Crippen LogP contribution in [-0.4, -0.2) is 36.6 Å². The number of ether oxygens (including phenoxy) is 1. The summed E-state index contributed by atoms with van der Waals surface area (Å²) < 4.78 is 4.98. The summed E-state index contributed by atoms with van der Waals surface area (Å²) >= 11 is 0. The fraction of sp³-hybridized carbons (Fsp3) is 0.250. The first-order valence-electron chi connectivity index (χ1n) is 10.4. The van der Waals surface area contributed by atoms with Gasteiger partial charge >= 0.3 is 18.0 Å². The van der Waals surface area contributed by atoms with Gasteiger partial charge in [0.05, 0.1) is 30.4 Å². The molecule has 0 saturated carbocycles. The van der Waals surface area contributed by atoms with E-state index in [-0.39, 0.29) is 6.03 Å². The predicted molar refractivity (Wildman–Crippen MR) is 123 cm³/mol. The molecule has 3 rings (SSSR count). The van der Waals surface area contributed by atoms with Gasteiger partial charge in [0.1, 0.15) is 0 Å². The van der Waals surface area contributed by atoms with E-state index in [9.17, 15) is 14.4 Å². The van der Waals surface area contributed by atoms with Gasteiger partial charge in [-0.1, -0.05) is 19.1 Å². The molecule has 0 radical (unpaired) electrons. The topological polar surface area (TPSA) is 124 Å². The zero-order valence-electron chi connectivity index (χ0n) is 18.6. The van der Waals surface area contributed by atoms with Crippen molar-refractivity contribution in [1.82, 2.24) is 10.2 Å². The monoisotopic (exact) mass is 447 g/mol. The summed E-state index contributed by atoms with van der Waals surface area (Å²) in [6.45, 7) is 4.14. The van der Waals surface area contributed by atoms with Gasteiger partial charge in [-0.25, -0.2) is 14.4 Å². The molecule has 9 heteroatoms. The number of amides is 4. The quantitative estimate of drug-likeness (QED) is 0.575. The SMILES string of the molecule is CCCN1C(=O)NC(c2cccc(NC(=O)Nc3ccc(C#N)cc3)c2)C(C(=O)OC)=C1C. The van der Waals surface area contributed by atoms with Crippen molar-refractivity contribution in [3.63, 3.8) is 0 Å². The molecule has 1 heterocycles. The molecule has 0 spiro atoms. The Morgan fingerprint density at radius 3 is 2.48 bits per heavy atom. The number of allylic oxidation sites excluding steroid dienone is 1. The number of carbonyl (C=O) groups excluding carboxylic acids is 3. The first-order valence-corrected chi connectivity index (χ1v) is 10.4. The molecule has 0 aromatic heterocycles. The second-order valence-electron chi connectivity index (χ2n) is 7.42. The van der Waals surface area contributed by atoms with Gasteiger partial charge < -0.3 is 20.7 Å². The number of rotatable bonds is 6. The highest BCUT2D eigenvalue weighted by Crippen LogP contribution is 2.32. The number of nitrogens with one attached hydrogen (secondary N) is 3. The van der Waals surface area contributed by atoms with E-state index in [4.69, 9.17) is 10.00 Å². The Kier molecular flexibility index (Phi) is 7.31. The van der Waals surface area contributed by atoms with Crippen LogP contribution in [0.1, 0.15) is 37.4 Å². The summed E-state index contributed by atoms with van der Waals surface area (Å²) in [5.41, 5.74) is 3.00. The number of carbonyl (C=O) groups is 3. The van der Waals surface area contributed by atoms with E-state index >= 15 is 0 Å². The predicted octanol–water partition coefficient (Wildman–Crippen LogP) is 4.13. The van der Waals surface area contributed by atoms with Crippen molar-refractivity contribution in [3.8, 4) is 6.07 Å². The average Bonchev–Trinajstić information content (AvgIpc) is 2.81. The number of nitrogens with zero attached hydrogens (tertiary/aromatic N) is 2. The van der Waals surface area contributed by atoms with Crippen LogP contribution in [0.25, 0.3) is 0 Å². The third-order valence-corrected chi connectivity index (χ3v) is 5.20. The van der Waals surface area contributed by atoms with Crippen LogP contribution >= 0.6 is 0 Å². The van der Waals surface area contributed by atoms with Crippen LogP contribution in [0.2, 0.25) is 0 Å². The number of hydrogen-bond donors (Lipinski definition) is 3. The largest absolute Gasteiger partial charge is 0.466 e. The first-order chi connectivity index (χ1) is 15.9. The van der Waals surface area contributed by atoms with Crippen molar-refractivity contribution in [2.45, 2.75) is 26.3 Å². The minimum Gasteiger partial charge on any atom is -0.466 e. The number of methoxy groups -OCH3 is 1. The third-order valence-electron chi connectivity index (χ3n) is 5.20. The smallest absolute Gasteiger partial charge is 0.337 e. The van der Waals surface area contributed by atoms with Gasteiger partial charge in [-0.3, -0.25) is 4.90 Å². The molecule has 1 aliphatic rings. The molecule has 0 bridgehead atoms. The summed E-state index contributed by atoms with van der Waals surface area (Å²) in [5, 5.41) is 17.2. The highest BCUT2D eigenvalue weighted by molar-refractivity contribution is 6.00. The standard InChI is InChI=1S/C24H25N5O4/c1-4-12-29-15(2)20(22(30)33-3)21(28-24(29)32)17-6-5-7-19(13-17)27-23(31)26-18-10-8-16(14-25)9-11-18/h5-11,13,21H,4,12H2,1-3H3,(H,28,32)(H2,26,27,31). The van der Waals surface area contributed by atoms with Crippen molar-refractivity contribution in [1.29, 1.82) is 5.26 Å². The molecular formula is C24H25N5O4. The van der Waals surface area contributed by atoms with Gasteiger partial charge in [0.25, 0.3) is 0 Å². The second-order valence-corrected chi connectivity index (χ2v) is 7.42. The van der Waals surface area contributed by atoms with E-state index in [0.29, 0.717) is 40.3 Å². The fourth-order valence-electron chi connectivity index (χ4n) is 3.62. The number of nitriles is 1. The summed E-state index contributed by atoms with van der Waals surface area (Å²) in [7, 11) is 1.30. The van der Waals surface area contributed by atoms with Gasteiger partial charge in [0.15, 0.2) is 0 Å². The molecular weight excluding hydrogens is 422 g/mol. The lowest BCUT2D eigenvalue weighted by molar-refractivity contribution is -0.136. The number of benzene rings is 2. The van der Waals surface area contributed by atoms with E-state index in [0.717, 1.165) is 6.42 Å². The van der Waals surface area contributed by atoms with Crippen molar-refractivity contribution in [2.75, 3.05) is 24.3 Å². The Morgan fingerprint density at radius 2 is 1.85 bits per heavy atom. The second kappa shape index (κ2) is 10.3. The maximum atomic E-state index is 12.7. The molecule has 170 valence electrons. The zero-order valence-corrected chi connectivity index (χ0v) is 18.6. The molecule has 9 nitrogen and oxygen atoms in total. The van der Waals surface area contributed by atoms with E-state index in [1.165, 1.54) is 12.0 Å². The zero-order chi connectivity index (χ0) is 24.0. The molecule has 1 aliphatic heterocycles. The van der Waals surface area contributed by atoms with Gasteiger partial charge in [-0.2, -0.15) is 5.26 Å². The first kappa shape index (κ1) is 23.3. The van der Waals surface area contributed by atoms with Crippen molar-refractivity contribution < 1.29 is 19.1 Å². The molecule has 0 fully saturated rings. The van der Waals surface area contributed by atoms with Crippen LogP contribution in [0.3, 0.4) is 0 Å². The van der Waals surface area contributed by atoms with Gasteiger partial charge in [0, 0.05) is 23.6 Å². The van der Waals surface area contributed by atoms with Crippen molar-refractivity contribution >= 4 is 29.4 Å². The van der Waals surface area contributed by atoms with Crippen molar-refractivity contribution in [2.24, 2.45) is 0 Å². The summed E-state index contributed by atoms with van der Waals surface area (Å²) in [6.07, 6.45) is 0.734. The van der Waals surface area contributed by atoms with Crippen LogP contribution in [0.15, 0.2) is 59.8 Å². The minimum absolute atomic E-state index is 0.302. The van der Waals surface area contributed by atoms with E-state index in [1.54, 1.807) is 55.5 Å². The molecule has 2 aromatic rings. The molecule has 1 unspecified atom stereocenters. The van der Waals surface area contributed by atoms with Gasteiger partial charge in [-0.15, -0.1) is 0 Å². The third kappa shape index (κ3) is 5.30. The van der Waals surface area contributed by atoms with Crippen LogP contribution in [-0.2, 0) is 9.53 Å². The van der Waals surface area contributed by atoms with Crippen molar-refractivity contribution in [3.05, 3.63) is 70.9 Å².